The van der Waals surface area contributed by atoms with Crippen molar-refractivity contribution in [3.8, 4) is 0 Å². The molecule has 0 radical (unpaired) electrons. The van der Waals surface area contributed by atoms with E-state index >= 15 is 0 Å². The molecule has 2 aromatic carbocycles. The first-order chi connectivity index (χ1) is 9.65. The van der Waals surface area contributed by atoms with Crippen molar-refractivity contribution in [1.82, 2.24) is 0 Å². The highest BCUT2D eigenvalue weighted by molar-refractivity contribution is 7.20. The van der Waals surface area contributed by atoms with Crippen LogP contribution in [0.2, 0.25) is 8.67 Å². The highest BCUT2D eigenvalue weighted by atomic mass is 35.5. The lowest BCUT2D eigenvalue weighted by molar-refractivity contribution is 0.179. The number of thiophene rings is 1. The van der Waals surface area contributed by atoms with Crippen LogP contribution in [0, 0.1) is 0 Å². The van der Waals surface area contributed by atoms with Crippen LogP contribution in [0.25, 0.3) is 10.8 Å². The molecule has 0 fully saturated rings. The monoisotopic (exact) mass is 322 g/mol. The Morgan fingerprint density at radius 1 is 1.05 bits per heavy atom. The number of rotatable bonds is 3. The Hall–Kier alpha value is -1.06. The van der Waals surface area contributed by atoms with Gasteiger partial charge in [0.25, 0.3) is 0 Å². The Balaban J connectivity index is 1.95. The van der Waals surface area contributed by atoms with Crippen LogP contribution in [-0.4, -0.2) is 5.11 Å². The van der Waals surface area contributed by atoms with E-state index in [-0.39, 0.29) is 0 Å². The van der Waals surface area contributed by atoms with E-state index in [9.17, 15) is 5.11 Å². The van der Waals surface area contributed by atoms with Crippen molar-refractivity contribution in [1.29, 1.82) is 0 Å². The zero-order chi connectivity index (χ0) is 14.1. The molecule has 1 aromatic heterocycles. The molecule has 1 unspecified atom stereocenters. The van der Waals surface area contributed by atoms with E-state index in [1.807, 2.05) is 24.3 Å². The van der Waals surface area contributed by atoms with E-state index in [0.717, 1.165) is 10.9 Å². The molecule has 1 N–H and O–H groups in total. The van der Waals surface area contributed by atoms with E-state index in [1.165, 1.54) is 16.7 Å². The molecular weight excluding hydrogens is 311 g/mol. The Bertz CT molecular complexity index is 746. The number of hydrogen-bond acceptors (Lipinski definition) is 2. The SMILES string of the molecule is OC(Cc1cccc2ccccc12)c1cc(Cl)sc1Cl. The maximum atomic E-state index is 10.4. The predicted octanol–water partition coefficient (Wildman–Crippen LogP) is 5.48. The van der Waals surface area contributed by atoms with Gasteiger partial charge in [-0.15, -0.1) is 11.3 Å². The van der Waals surface area contributed by atoms with Crippen LogP contribution in [0.5, 0.6) is 0 Å². The highest BCUT2D eigenvalue weighted by Gasteiger charge is 2.16. The second-order valence-corrected chi connectivity index (χ2v) is 6.92. The van der Waals surface area contributed by atoms with Crippen molar-refractivity contribution in [2.24, 2.45) is 0 Å². The van der Waals surface area contributed by atoms with Crippen LogP contribution in [0.4, 0.5) is 0 Å². The van der Waals surface area contributed by atoms with Crippen LogP contribution in [-0.2, 0) is 6.42 Å². The van der Waals surface area contributed by atoms with E-state index in [4.69, 9.17) is 23.2 Å². The second-order valence-electron chi connectivity index (χ2n) is 4.64. The van der Waals surface area contributed by atoms with Crippen molar-refractivity contribution < 1.29 is 5.11 Å². The summed E-state index contributed by atoms with van der Waals surface area (Å²) in [6, 6.07) is 16.0. The molecule has 1 nitrogen and oxygen atoms in total. The predicted molar refractivity (Wildman–Crippen MR) is 87.0 cm³/mol. The van der Waals surface area contributed by atoms with Gasteiger partial charge in [-0.3, -0.25) is 0 Å². The van der Waals surface area contributed by atoms with Crippen LogP contribution in [0.3, 0.4) is 0 Å². The maximum Gasteiger partial charge on any atom is 0.100 e. The van der Waals surface area contributed by atoms with E-state index in [0.29, 0.717) is 20.7 Å². The molecule has 1 heterocycles. The summed E-state index contributed by atoms with van der Waals surface area (Å²) in [5.74, 6) is 0. The van der Waals surface area contributed by atoms with Gasteiger partial charge in [0.2, 0.25) is 0 Å². The Morgan fingerprint density at radius 2 is 1.80 bits per heavy atom. The third kappa shape index (κ3) is 2.70. The van der Waals surface area contributed by atoms with E-state index < -0.39 is 6.10 Å². The molecule has 0 spiro atoms. The average Bonchev–Trinajstić information content (AvgIpc) is 2.78. The third-order valence-corrected chi connectivity index (χ3v) is 4.85. The number of aliphatic hydroxyl groups is 1. The topological polar surface area (TPSA) is 20.2 Å². The number of hydrogen-bond donors (Lipinski definition) is 1. The number of aliphatic hydroxyl groups excluding tert-OH is 1. The van der Waals surface area contributed by atoms with Crippen molar-refractivity contribution in [2.75, 3.05) is 0 Å². The molecule has 3 rings (SSSR count). The van der Waals surface area contributed by atoms with Gasteiger partial charge in [-0.05, 0) is 22.4 Å². The lowest BCUT2D eigenvalue weighted by Gasteiger charge is -2.12. The van der Waals surface area contributed by atoms with Gasteiger partial charge in [-0.1, -0.05) is 65.7 Å². The van der Waals surface area contributed by atoms with Gasteiger partial charge in [0, 0.05) is 12.0 Å². The molecule has 0 bridgehead atoms. The molecule has 0 saturated heterocycles. The fourth-order valence-electron chi connectivity index (χ4n) is 2.37. The lowest BCUT2D eigenvalue weighted by Crippen LogP contribution is -2.01. The summed E-state index contributed by atoms with van der Waals surface area (Å²) >= 11 is 13.3. The first-order valence-electron chi connectivity index (χ1n) is 6.24. The molecule has 0 aliphatic carbocycles. The molecule has 102 valence electrons. The summed E-state index contributed by atoms with van der Waals surface area (Å²) < 4.78 is 1.16. The fraction of sp³-hybridized carbons (Fsp3) is 0.125. The maximum absolute atomic E-state index is 10.4. The zero-order valence-corrected chi connectivity index (χ0v) is 12.8. The summed E-state index contributed by atoms with van der Waals surface area (Å²) in [6.45, 7) is 0. The molecular formula is C16H12Cl2OS. The summed E-state index contributed by atoms with van der Waals surface area (Å²) in [6.07, 6.45) is -0.120. The van der Waals surface area contributed by atoms with Gasteiger partial charge in [0.05, 0.1) is 10.4 Å². The highest BCUT2D eigenvalue weighted by Crippen LogP contribution is 2.36. The quantitative estimate of drug-likeness (QED) is 0.676. The first kappa shape index (κ1) is 13.9. The zero-order valence-electron chi connectivity index (χ0n) is 10.5. The van der Waals surface area contributed by atoms with Crippen LogP contribution >= 0.6 is 34.5 Å². The fourth-order valence-corrected chi connectivity index (χ4v) is 3.94. The third-order valence-electron chi connectivity index (χ3n) is 3.34. The van der Waals surface area contributed by atoms with Gasteiger partial charge in [0.15, 0.2) is 0 Å². The number of fused-ring (bicyclic) bond motifs is 1. The molecule has 0 aliphatic heterocycles. The van der Waals surface area contributed by atoms with Gasteiger partial charge in [-0.25, -0.2) is 0 Å². The largest absolute Gasteiger partial charge is 0.388 e. The normalized spacial score (nSPS) is 12.8. The first-order valence-corrected chi connectivity index (χ1v) is 7.82. The molecule has 0 aliphatic rings. The van der Waals surface area contributed by atoms with Crippen LogP contribution in [0.15, 0.2) is 48.5 Å². The molecule has 4 heteroatoms. The Labute approximate surface area is 131 Å². The van der Waals surface area contributed by atoms with Crippen molar-refractivity contribution >= 4 is 45.3 Å². The minimum absolute atomic E-state index is 0.522. The van der Waals surface area contributed by atoms with Crippen molar-refractivity contribution in [3.05, 3.63) is 68.3 Å². The van der Waals surface area contributed by atoms with Crippen molar-refractivity contribution in [2.45, 2.75) is 12.5 Å². The van der Waals surface area contributed by atoms with Gasteiger partial charge < -0.3 is 5.11 Å². The summed E-state index contributed by atoms with van der Waals surface area (Å²) in [7, 11) is 0. The average molecular weight is 323 g/mol. The summed E-state index contributed by atoms with van der Waals surface area (Å²) in [5.41, 5.74) is 1.81. The summed E-state index contributed by atoms with van der Waals surface area (Å²) in [5, 5.41) is 12.7. The summed E-state index contributed by atoms with van der Waals surface area (Å²) in [4.78, 5) is 0. The Kier molecular flexibility index (Phi) is 3.99. The molecule has 3 aromatic rings. The van der Waals surface area contributed by atoms with Gasteiger partial charge in [0.1, 0.15) is 4.34 Å². The minimum atomic E-state index is -0.642. The molecule has 0 amide bonds. The molecule has 20 heavy (non-hydrogen) atoms. The molecule has 0 saturated carbocycles. The van der Waals surface area contributed by atoms with E-state index in [1.54, 1.807) is 6.07 Å². The molecule has 1 atom stereocenters. The van der Waals surface area contributed by atoms with Crippen LogP contribution in [0.1, 0.15) is 17.2 Å². The number of benzene rings is 2. The lowest BCUT2D eigenvalue weighted by atomic mass is 9.98. The Morgan fingerprint density at radius 3 is 2.55 bits per heavy atom. The van der Waals surface area contributed by atoms with Gasteiger partial charge >= 0.3 is 0 Å². The van der Waals surface area contributed by atoms with E-state index in [2.05, 4.69) is 18.2 Å². The second kappa shape index (κ2) is 5.74. The van der Waals surface area contributed by atoms with Crippen LogP contribution < -0.4 is 0 Å². The number of halogens is 2. The standard InChI is InChI=1S/C16H12Cl2OS/c17-15-9-13(16(18)20-15)14(19)8-11-6-3-5-10-4-1-2-7-12(10)11/h1-7,9,14,19H,8H2. The van der Waals surface area contributed by atoms with Gasteiger partial charge in [-0.2, -0.15) is 0 Å². The smallest absolute Gasteiger partial charge is 0.100 e. The minimum Gasteiger partial charge on any atom is -0.388 e. The van der Waals surface area contributed by atoms with Crippen molar-refractivity contribution in [3.63, 3.8) is 0 Å².